The summed E-state index contributed by atoms with van der Waals surface area (Å²) in [7, 11) is 0. The van der Waals surface area contributed by atoms with E-state index in [4.69, 9.17) is 15.2 Å². The number of hydrogen-bond donors (Lipinski definition) is 1. The molecule has 0 spiro atoms. The molecule has 25 heavy (non-hydrogen) atoms. The lowest BCUT2D eigenvalue weighted by atomic mass is 10.2. The van der Waals surface area contributed by atoms with Crippen LogP contribution in [0.5, 0.6) is 23.3 Å². The van der Waals surface area contributed by atoms with Crippen LogP contribution < -0.4 is 15.2 Å². The zero-order valence-corrected chi connectivity index (χ0v) is 14.4. The van der Waals surface area contributed by atoms with E-state index in [1.54, 1.807) is 0 Å². The largest absolute Gasteiger partial charge is 0.437 e. The average molecular weight is 335 g/mol. The number of aryl methyl sites for hydroxylation is 2. The van der Waals surface area contributed by atoms with Crippen LogP contribution >= 0.6 is 0 Å². The van der Waals surface area contributed by atoms with E-state index in [1.807, 2.05) is 48.5 Å². The van der Waals surface area contributed by atoms with Gasteiger partial charge in [-0.2, -0.15) is 9.97 Å². The van der Waals surface area contributed by atoms with E-state index in [0.717, 1.165) is 12.8 Å². The van der Waals surface area contributed by atoms with Crippen molar-refractivity contribution in [1.29, 1.82) is 0 Å². The quantitative estimate of drug-likeness (QED) is 0.702. The first-order chi connectivity index (χ1) is 12.2. The fraction of sp³-hybridized carbons (Fsp3) is 0.200. The highest BCUT2D eigenvalue weighted by molar-refractivity contribution is 5.57. The van der Waals surface area contributed by atoms with Gasteiger partial charge < -0.3 is 15.2 Å². The molecule has 1 heterocycles. The smallest absolute Gasteiger partial charge is 0.249 e. The summed E-state index contributed by atoms with van der Waals surface area (Å²) in [5, 5.41) is 0. The highest BCUT2D eigenvalue weighted by Crippen LogP contribution is 2.33. The monoisotopic (exact) mass is 335 g/mol. The number of nitrogens with two attached hydrogens (primary N) is 1. The Labute approximate surface area is 147 Å². The van der Waals surface area contributed by atoms with Gasteiger partial charge in [-0.05, 0) is 48.2 Å². The van der Waals surface area contributed by atoms with Gasteiger partial charge in [0.25, 0.3) is 0 Å². The van der Waals surface area contributed by atoms with Crippen molar-refractivity contribution in [3.63, 3.8) is 0 Å². The second-order valence-electron chi connectivity index (χ2n) is 5.60. The molecule has 0 fully saturated rings. The Bertz CT molecular complexity index is 763. The highest BCUT2D eigenvalue weighted by atomic mass is 16.5. The van der Waals surface area contributed by atoms with Crippen molar-refractivity contribution in [1.82, 2.24) is 9.97 Å². The summed E-state index contributed by atoms with van der Waals surface area (Å²) in [4.78, 5) is 8.21. The van der Waals surface area contributed by atoms with Crippen molar-refractivity contribution in [3.05, 3.63) is 66.0 Å². The summed E-state index contributed by atoms with van der Waals surface area (Å²) >= 11 is 0. The minimum Gasteiger partial charge on any atom is -0.437 e. The molecular formula is C20H21N3O2. The van der Waals surface area contributed by atoms with Crippen molar-refractivity contribution in [3.8, 4) is 23.3 Å². The topological polar surface area (TPSA) is 70.3 Å². The summed E-state index contributed by atoms with van der Waals surface area (Å²) < 4.78 is 11.5. The Kier molecular flexibility index (Phi) is 5.14. The number of benzene rings is 2. The SMILES string of the molecule is CCc1ccc(Oc2ncnc(Oc3ccc(CC)cc3)c2N)cc1. The third-order valence-electron chi connectivity index (χ3n) is 3.90. The fourth-order valence-electron chi connectivity index (χ4n) is 2.34. The lowest BCUT2D eigenvalue weighted by Gasteiger charge is -2.11. The molecule has 2 aromatic carbocycles. The average Bonchev–Trinajstić information content (AvgIpc) is 2.66. The van der Waals surface area contributed by atoms with E-state index in [-0.39, 0.29) is 17.4 Å². The molecule has 5 nitrogen and oxygen atoms in total. The molecule has 0 radical (unpaired) electrons. The molecule has 0 aliphatic carbocycles. The molecule has 5 heteroatoms. The molecule has 0 aliphatic heterocycles. The van der Waals surface area contributed by atoms with Gasteiger partial charge in [0, 0.05) is 0 Å². The summed E-state index contributed by atoms with van der Waals surface area (Å²) in [6, 6.07) is 15.6. The maximum Gasteiger partial charge on any atom is 0.249 e. The van der Waals surface area contributed by atoms with E-state index < -0.39 is 0 Å². The van der Waals surface area contributed by atoms with Crippen LogP contribution in [0.15, 0.2) is 54.9 Å². The summed E-state index contributed by atoms with van der Waals surface area (Å²) in [6.45, 7) is 4.21. The number of aromatic nitrogens is 2. The normalized spacial score (nSPS) is 10.5. The number of anilines is 1. The minimum atomic E-state index is 0.265. The van der Waals surface area contributed by atoms with Crippen molar-refractivity contribution in [2.75, 3.05) is 5.73 Å². The predicted octanol–water partition coefficient (Wildman–Crippen LogP) is 4.77. The van der Waals surface area contributed by atoms with Crippen LogP contribution in [0.3, 0.4) is 0 Å². The fourth-order valence-corrected chi connectivity index (χ4v) is 2.34. The lowest BCUT2D eigenvalue weighted by Crippen LogP contribution is -2.00. The standard InChI is InChI=1S/C20H21N3O2/c1-3-14-5-9-16(10-6-14)24-19-18(21)20(23-13-22-19)25-17-11-7-15(4-2)8-12-17/h5-13H,3-4,21H2,1-2H3. The van der Waals surface area contributed by atoms with Gasteiger partial charge in [-0.25, -0.2) is 0 Å². The van der Waals surface area contributed by atoms with Gasteiger partial charge in [-0.1, -0.05) is 38.1 Å². The molecule has 3 rings (SSSR count). The van der Waals surface area contributed by atoms with Gasteiger partial charge in [0.15, 0.2) is 5.69 Å². The van der Waals surface area contributed by atoms with E-state index in [1.165, 1.54) is 17.5 Å². The Morgan fingerprint density at radius 2 is 1.12 bits per heavy atom. The van der Waals surface area contributed by atoms with E-state index in [0.29, 0.717) is 11.5 Å². The van der Waals surface area contributed by atoms with Crippen LogP contribution in [0.1, 0.15) is 25.0 Å². The van der Waals surface area contributed by atoms with Crippen LogP contribution in [0.4, 0.5) is 5.69 Å². The number of nitrogens with zero attached hydrogens (tertiary/aromatic N) is 2. The summed E-state index contributed by atoms with van der Waals surface area (Å²) in [6.07, 6.45) is 3.33. The Morgan fingerprint density at radius 1 is 0.720 bits per heavy atom. The van der Waals surface area contributed by atoms with Gasteiger partial charge >= 0.3 is 0 Å². The van der Waals surface area contributed by atoms with E-state index in [2.05, 4.69) is 23.8 Å². The van der Waals surface area contributed by atoms with E-state index >= 15 is 0 Å². The lowest BCUT2D eigenvalue weighted by molar-refractivity contribution is 0.438. The van der Waals surface area contributed by atoms with Crippen molar-refractivity contribution in [2.24, 2.45) is 0 Å². The third-order valence-corrected chi connectivity index (χ3v) is 3.90. The number of nitrogen functional groups attached to an aromatic ring is 1. The Morgan fingerprint density at radius 3 is 1.48 bits per heavy atom. The van der Waals surface area contributed by atoms with Crippen molar-refractivity contribution in [2.45, 2.75) is 26.7 Å². The van der Waals surface area contributed by atoms with Gasteiger partial charge in [0.2, 0.25) is 11.8 Å². The van der Waals surface area contributed by atoms with Crippen LogP contribution in [-0.4, -0.2) is 9.97 Å². The van der Waals surface area contributed by atoms with Crippen LogP contribution in [0, 0.1) is 0 Å². The first-order valence-corrected chi connectivity index (χ1v) is 8.33. The molecule has 1 aromatic heterocycles. The van der Waals surface area contributed by atoms with Gasteiger partial charge in [0.1, 0.15) is 17.8 Å². The second-order valence-corrected chi connectivity index (χ2v) is 5.60. The highest BCUT2D eigenvalue weighted by Gasteiger charge is 2.12. The molecule has 2 N–H and O–H groups in total. The van der Waals surface area contributed by atoms with E-state index in [9.17, 15) is 0 Å². The maximum atomic E-state index is 6.12. The first-order valence-electron chi connectivity index (χ1n) is 8.33. The van der Waals surface area contributed by atoms with Crippen LogP contribution in [0.2, 0.25) is 0 Å². The predicted molar refractivity (Wildman–Crippen MR) is 98.2 cm³/mol. The Hall–Kier alpha value is -3.08. The summed E-state index contributed by atoms with van der Waals surface area (Å²) in [5.74, 6) is 1.89. The third kappa shape index (κ3) is 4.07. The molecule has 0 saturated carbocycles. The Balaban J connectivity index is 1.78. The second kappa shape index (κ2) is 7.66. The molecule has 0 atom stereocenters. The van der Waals surface area contributed by atoms with Crippen LogP contribution in [0.25, 0.3) is 0 Å². The van der Waals surface area contributed by atoms with Gasteiger partial charge in [0.05, 0.1) is 0 Å². The zero-order valence-electron chi connectivity index (χ0n) is 14.4. The number of ether oxygens (including phenoxy) is 2. The molecule has 0 unspecified atom stereocenters. The zero-order chi connectivity index (χ0) is 17.6. The van der Waals surface area contributed by atoms with Gasteiger partial charge in [-0.3, -0.25) is 0 Å². The maximum absolute atomic E-state index is 6.12. The number of rotatable bonds is 6. The number of hydrogen-bond acceptors (Lipinski definition) is 5. The molecule has 0 aliphatic rings. The molecule has 128 valence electrons. The summed E-state index contributed by atoms with van der Waals surface area (Å²) in [5.41, 5.74) is 8.86. The first kappa shape index (κ1) is 16.8. The minimum absolute atomic E-state index is 0.265. The molecule has 0 saturated heterocycles. The van der Waals surface area contributed by atoms with Crippen molar-refractivity contribution >= 4 is 5.69 Å². The molecule has 0 amide bonds. The molecular weight excluding hydrogens is 314 g/mol. The van der Waals surface area contributed by atoms with Gasteiger partial charge in [-0.15, -0.1) is 0 Å². The molecule has 3 aromatic rings. The molecule has 0 bridgehead atoms. The van der Waals surface area contributed by atoms with Crippen LogP contribution in [-0.2, 0) is 12.8 Å². The van der Waals surface area contributed by atoms with Crippen molar-refractivity contribution < 1.29 is 9.47 Å².